The fourth-order valence-corrected chi connectivity index (χ4v) is 4.08. The largest absolute Gasteiger partial charge is 0.379 e. The molecule has 154 valence electrons. The number of amides is 1. The molecule has 1 amide bonds. The Labute approximate surface area is 170 Å². The minimum Gasteiger partial charge on any atom is -0.379 e. The lowest BCUT2D eigenvalue weighted by molar-refractivity contribution is 0.0421. The zero-order chi connectivity index (χ0) is 20.4. The molecule has 2 aromatic rings. The number of hydrogen-bond donors (Lipinski definition) is 1. The minimum absolute atomic E-state index is 0.0484. The zero-order valence-electron chi connectivity index (χ0n) is 16.9. The number of pyridine rings is 2. The molecule has 2 bridgehead atoms. The van der Waals surface area contributed by atoms with Gasteiger partial charge in [0, 0.05) is 58.5 Å². The summed E-state index contributed by atoms with van der Waals surface area (Å²) in [5.74, 6) is 1.03. The molecule has 8 nitrogen and oxygen atoms in total. The summed E-state index contributed by atoms with van der Waals surface area (Å²) in [5, 5.41) is 0. The van der Waals surface area contributed by atoms with Crippen LogP contribution in [0.25, 0.3) is 0 Å². The number of nitrogens with zero attached hydrogens (tertiary/aromatic N) is 4. The highest BCUT2D eigenvalue weighted by molar-refractivity contribution is 5.92. The normalized spacial score (nSPS) is 22.2. The van der Waals surface area contributed by atoms with Gasteiger partial charge in [-0.15, -0.1) is 0 Å². The van der Waals surface area contributed by atoms with Gasteiger partial charge in [0.2, 0.25) is 5.56 Å². The monoisotopic (exact) mass is 397 g/mol. The predicted octanol–water partition coefficient (Wildman–Crippen LogP) is 0.809. The maximum atomic E-state index is 13.1. The van der Waals surface area contributed by atoms with E-state index in [9.17, 15) is 9.59 Å². The van der Waals surface area contributed by atoms with Gasteiger partial charge in [-0.3, -0.25) is 14.5 Å². The number of nitrogens with one attached hydrogen (secondary N) is 1. The van der Waals surface area contributed by atoms with Crippen LogP contribution in [0.5, 0.6) is 0 Å². The van der Waals surface area contributed by atoms with Crippen LogP contribution in [0.4, 0.5) is 5.82 Å². The molecule has 2 saturated heterocycles. The molecule has 2 fully saturated rings. The smallest absolute Gasteiger partial charge is 0.270 e. The Morgan fingerprint density at radius 3 is 2.79 bits per heavy atom. The van der Waals surface area contributed by atoms with Crippen LogP contribution in [0, 0.1) is 5.92 Å². The highest BCUT2D eigenvalue weighted by Gasteiger charge is 2.36. The van der Waals surface area contributed by atoms with Gasteiger partial charge in [-0.25, -0.2) is 4.98 Å². The number of rotatable bonds is 4. The van der Waals surface area contributed by atoms with Crippen molar-refractivity contribution in [2.24, 2.45) is 5.92 Å². The van der Waals surface area contributed by atoms with Crippen LogP contribution in [0.1, 0.15) is 16.1 Å². The maximum absolute atomic E-state index is 13.1. The molecule has 2 aliphatic heterocycles. The lowest BCUT2D eigenvalue weighted by atomic mass is 10.1. The van der Waals surface area contributed by atoms with E-state index in [1.807, 2.05) is 36.2 Å². The zero-order valence-corrected chi connectivity index (χ0v) is 16.9. The molecule has 2 aliphatic rings. The molecule has 0 unspecified atom stereocenters. The first-order valence-corrected chi connectivity index (χ1v) is 9.92. The molecule has 0 spiro atoms. The number of hydrogen-bond acceptors (Lipinski definition) is 6. The van der Waals surface area contributed by atoms with E-state index < -0.39 is 0 Å². The third kappa shape index (κ3) is 4.49. The summed E-state index contributed by atoms with van der Waals surface area (Å²) in [6.45, 7) is 4.16. The number of anilines is 1. The summed E-state index contributed by atoms with van der Waals surface area (Å²) < 4.78 is 5.83. The highest BCUT2D eigenvalue weighted by atomic mass is 16.5. The Bertz CT molecular complexity index is 911. The molecule has 2 aromatic heterocycles. The number of H-pyrrole nitrogens is 1. The van der Waals surface area contributed by atoms with Crippen molar-refractivity contribution in [2.75, 3.05) is 51.8 Å². The Hall–Kier alpha value is -2.71. The van der Waals surface area contributed by atoms with Gasteiger partial charge in [0.25, 0.3) is 5.91 Å². The third-order valence-corrected chi connectivity index (χ3v) is 5.48. The van der Waals surface area contributed by atoms with Gasteiger partial charge in [0.05, 0.1) is 19.3 Å². The van der Waals surface area contributed by atoms with Crippen LogP contribution >= 0.6 is 0 Å². The van der Waals surface area contributed by atoms with Crippen molar-refractivity contribution in [2.45, 2.75) is 12.6 Å². The molecule has 8 heteroatoms. The summed E-state index contributed by atoms with van der Waals surface area (Å²) in [5.41, 5.74) is 1.22. The van der Waals surface area contributed by atoms with Gasteiger partial charge >= 0.3 is 0 Å². The van der Waals surface area contributed by atoms with Crippen LogP contribution in [0.3, 0.4) is 0 Å². The fourth-order valence-electron chi connectivity index (χ4n) is 4.08. The van der Waals surface area contributed by atoms with E-state index in [4.69, 9.17) is 4.74 Å². The van der Waals surface area contributed by atoms with Crippen molar-refractivity contribution in [3.05, 3.63) is 58.1 Å². The van der Waals surface area contributed by atoms with Crippen molar-refractivity contribution < 1.29 is 9.53 Å². The molecule has 29 heavy (non-hydrogen) atoms. The first-order valence-electron chi connectivity index (χ1n) is 9.92. The van der Waals surface area contributed by atoms with Crippen LogP contribution in [0.2, 0.25) is 0 Å². The molecule has 0 aromatic carbocycles. The average Bonchev–Trinajstić information content (AvgIpc) is 2.98. The second kappa shape index (κ2) is 8.34. The van der Waals surface area contributed by atoms with Crippen LogP contribution < -0.4 is 10.5 Å². The third-order valence-electron chi connectivity index (χ3n) is 5.48. The molecule has 1 N–H and O–H groups in total. The maximum Gasteiger partial charge on any atom is 0.270 e. The fraction of sp³-hybridized carbons (Fsp3) is 0.476. The Balaban J connectivity index is 1.50. The highest BCUT2D eigenvalue weighted by Crippen LogP contribution is 2.23. The van der Waals surface area contributed by atoms with Gasteiger partial charge in [0.1, 0.15) is 11.5 Å². The molecule has 0 aliphatic carbocycles. The van der Waals surface area contributed by atoms with E-state index in [0.717, 1.165) is 31.0 Å². The number of fused-ring (bicyclic) bond motifs is 3. The molecular weight excluding hydrogens is 370 g/mol. The summed E-state index contributed by atoms with van der Waals surface area (Å²) in [7, 11) is 3.95. The van der Waals surface area contributed by atoms with E-state index in [1.54, 1.807) is 12.1 Å². The minimum atomic E-state index is -0.264. The van der Waals surface area contributed by atoms with Crippen LogP contribution in [-0.2, 0) is 11.3 Å². The molecule has 4 heterocycles. The lowest BCUT2D eigenvalue weighted by Crippen LogP contribution is -2.46. The van der Waals surface area contributed by atoms with Gasteiger partial charge in [-0.2, -0.15) is 0 Å². The Morgan fingerprint density at radius 2 is 2.07 bits per heavy atom. The average molecular weight is 397 g/mol. The van der Waals surface area contributed by atoms with E-state index in [2.05, 4.69) is 20.9 Å². The van der Waals surface area contributed by atoms with Crippen LogP contribution in [-0.4, -0.2) is 78.7 Å². The Morgan fingerprint density at radius 1 is 1.21 bits per heavy atom. The second-order valence-electron chi connectivity index (χ2n) is 8.06. The van der Waals surface area contributed by atoms with E-state index in [0.29, 0.717) is 25.5 Å². The number of carbonyl (C=O) groups excluding carboxylic acids is 1. The summed E-state index contributed by atoms with van der Waals surface area (Å²) in [4.78, 5) is 38.1. The predicted molar refractivity (Wildman–Crippen MR) is 110 cm³/mol. The van der Waals surface area contributed by atoms with Gasteiger partial charge in [-0.05, 0) is 17.7 Å². The van der Waals surface area contributed by atoms with Crippen molar-refractivity contribution in [1.82, 2.24) is 19.8 Å². The SMILES string of the molecule is CN(C)c1ccc(CN2C[C@@H]3COC[C@H](C2)N(C(=O)c2cccc(=O)[nH]2)C3)cn1. The van der Waals surface area contributed by atoms with Crippen molar-refractivity contribution >= 4 is 11.7 Å². The molecule has 0 saturated carbocycles. The summed E-state index contributed by atoms with van der Waals surface area (Å²) >= 11 is 0. The van der Waals surface area contributed by atoms with Gasteiger partial charge < -0.3 is 19.5 Å². The van der Waals surface area contributed by atoms with Gasteiger partial charge in [-0.1, -0.05) is 12.1 Å². The topological polar surface area (TPSA) is 81.8 Å². The standard InChI is InChI=1S/C21H27N5O3/c1-24(2)19-7-6-15(8-22-19)9-25-10-16-11-26(17(12-25)14-29-13-16)21(28)18-4-3-5-20(27)23-18/h3-8,16-17H,9-14H2,1-2H3,(H,23,27)/t16-,17-/m0/s1. The molecule has 4 rings (SSSR count). The number of carbonyl (C=O) groups is 1. The molecular formula is C21H27N5O3. The lowest BCUT2D eigenvalue weighted by Gasteiger charge is -2.31. The first-order chi connectivity index (χ1) is 14.0. The van der Waals surface area contributed by atoms with E-state index in [-0.39, 0.29) is 23.4 Å². The van der Waals surface area contributed by atoms with Crippen molar-refractivity contribution in [3.63, 3.8) is 0 Å². The van der Waals surface area contributed by atoms with E-state index >= 15 is 0 Å². The van der Waals surface area contributed by atoms with E-state index in [1.165, 1.54) is 6.07 Å². The number of ether oxygens (including phenoxy) is 1. The Kier molecular flexibility index (Phi) is 5.64. The van der Waals surface area contributed by atoms with Gasteiger partial charge in [0.15, 0.2) is 0 Å². The van der Waals surface area contributed by atoms with Crippen molar-refractivity contribution in [3.8, 4) is 0 Å². The molecule has 2 atom stereocenters. The number of aromatic nitrogens is 2. The summed E-state index contributed by atoms with van der Waals surface area (Å²) in [6.07, 6.45) is 1.92. The van der Waals surface area contributed by atoms with Crippen molar-refractivity contribution in [1.29, 1.82) is 0 Å². The van der Waals surface area contributed by atoms with Crippen LogP contribution in [0.15, 0.2) is 41.3 Å². The second-order valence-corrected chi connectivity index (χ2v) is 8.06. The quantitative estimate of drug-likeness (QED) is 0.822. The first kappa shape index (κ1) is 19.6. The summed E-state index contributed by atoms with van der Waals surface area (Å²) in [6, 6.07) is 8.78. The number of aromatic amines is 1. The molecule has 0 radical (unpaired) electrons.